The molecule has 0 radical (unpaired) electrons. The molecular weight excluding hydrogens is 382 g/mol. The molecule has 2 aromatic carbocycles. The van der Waals surface area contributed by atoms with Crippen LogP contribution in [0.1, 0.15) is 35.3 Å². The van der Waals surface area contributed by atoms with Gasteiger partial charge in [-0.05, 0) is 37.6 Å². The van der Waals surface area contributed by atoms with Crippen LogP contribution < -0.4 is 14.7 Å². The molecule has 5 heteroatoms. The van der Waals surface area contributed by atoms with Crippen molar-refractivity contribution in [3.8, 4) is 11.5 Å². The Hall–Kier alpha value is -2.11. The largest absolute Gasteiger partial charge is 0.872 e. The molecule has 0 saturated heterocycles. The van der Waals surface area contributed by atoms with Crippen molar-refractivity contribution >= 4 is 27.8 Å². The van der Waals surface area contributed by atoms with Crippen molar-refractivity contribution in [1.29, 1.82) is 0 Å². The standard InChI is InChI=1S/C20H20BrNO3/c1-3-22(4-2)12-15-17(23)10-9-14-19(24)18(25-20(14)15)11-13-7-5-6-8-16(13)21/h5-11,23H,3-4,12H2,1-2H3. The quantitative estimate of drug-likeness (QED) is 0.783. The van der Waals surface area contributed by atoms with Gasteiger partial charge in [-0.25, -0.2) is 0 Å². The van der Waals surface area contributed by atoms with E-state index in [-0.39, 0.29) is 17.3 Å². The van der Waals surface area contributed by atoms with E-state index in [2.05, 4.69) is 29.8 Å². The highest BCUT2D eigenvalue weighted by molar-refractivity contribution is 9.10. The Bertz CT molecular complexity index is 841. The second kappa shape index (κ2) is 7.42. The van der Waals surface area contributed by atoms with Crippen molar-refractivity contribution in [3.05, 3.63) is 63.3 Å². The molecule has 1 aliphatic heterocycles. The topological polar surface area (TPSA) is 53.8 Å². The summed E-state index contributed by atoms with van der Waals surface area (Å²) in [6.07, 6.45) is 1.71. The fourth-order valence-corrected chi connectivity index (χ4v) is 3.34. The normalized spacial score (nSPS) is 14.9. The SMILES string of the molecule is CC[NH+](CC)Cc1c([O-])ccc2c1OC(=Cc1ccccc1Br)C2=O. The lowest BCUT2D eigenvalue weighted by atomic mass is 10.0. The van der Waals surface area contributed by atoms with E-state index in [1.165, 1.54) is 11.0 Å². The number of benzene rings is 2. The molecule has 0 amide bonds. The summed E-state index contributed by atoms with van der Waals surface area (Å²) in [5.74, 6) is 0.424. The maximum absolute atomic E-state index is 12.7. The molecule has 3 rings (SSSR count). The van der Waals surface area contributed by atoms with Gasteiger partial charge in [0.1, 0.15) is 12.3 Å². The molecule has 1 aliphatic rings. The second-order valence-electron chi connectivity index (χ2n) is 6.01. The summed E-state index contributed by atoms with van der Waals surface area (Å²) in [6, 6.07) is 10.7. The highest BCUT2D eigenvalue weighted by atomic mass is 79.9. The average molecular weight is 402 g/mol. The first-order chi connectivity index (χ1) is 12.0. The first-order valence-corrected chi connectivity index (χ1v) is 9.19. The molecule has 0 unspecified atom stereocenters. The zero-order valence-electron chi connectivity index (χ0n) is 14.3. The van der Waals surface area contributed by atoms with Gasteiger partial charge in [-0.15, -0.1) is 0 Å². The summed E-state index contributed by atoms with van der Waals surface area (Å²) >= 11 is 3.47. The van der Waals surface area contributed by atoms with Gasteiger partial charge in [0.05, 0.1) is 18.7 Å². The number of hydrogen-bond donors (Lipinski definition) is 1. The maximum atomic E-state index is 12.7. The van der Waals surface area contributed by atoms with Gasteiger partial charge < -0.3 is 14.7 Å². The number of nitrogens with one attached hydrogen (secondary N) is 1. The number of carbonyl (C=O) groups excluding carboxylic acids is 1. The summed E-state index contributed by atoms with van der Waals surface area (Å²) in [4.78, 5) is 14.0. The van der Waals surface area contributed by atoms with Crippen LogP contribution in [0, 0.1) is 0 Å². The van der Waals surface area contributed by atoms with Crippen molar-refractivity contribution in [2.24, 2.45) is 0 Å². The summed E-state index contributed by atoms with van der Waals surface area (Å²) in [5.41, 5.74) is 1.91. The van der Waals surface area contributed by atoms with Crippen LogP contribution >= 0.6 is 15.9 Å². The molecule has 4 nitrogen and oxygen atoms in total. The Morgan fingerprint density at radius 3 is 2.56 bits per heavy atom. The van der Waals surface area contributed by atoms with E-state index in [1.54, 1.807) is 12.1 Å². The first-order valence-electron chi connectivity index (χ1n) is 8.40. The summed E-state index contributed by atoms with van der Waals surface area (Å²) in [7, 11) is 0. The Kier molecular flexibility index (Phi) is 5.25. The number of quaternary nitrogens is 1. The Labute approximate surface area is 155 Å². The van der Waals surface area contributed by atoms with Crippen LogP contribution in [0.4, 0.5) is 0 Å². The fraction of sp³-hybridized carbons (Fsp3) is 0.250. The van der Waals surface area contributed by atoms with Gasteiger partial charge in [0.15, 0.2) is 5.76 Å². The molecule has 0 atom stereocenters. The van der Waals surface area contributed by atoms with Crippen LogP contribution in [0.25, 0.3) is 6.08 Å². The molecular formula is C20H20BrNO3. The van der Waals surface area contributed by atoms with E-state index in [1.807, 2.05) is 24.3 Å². The van der Waals surface area contributed by atoms with Crippen LogP contribution in [0.2, 0.25) is 0 Å². The zero-order chi connectivity index (χ0) is 18.0. The van der Waals surface area contributed by atoms with Crippen LogP contribution in [0.5, 0.6) is 11.5 Å². The summed E-state index contributed by atoms with van der Waals surface area (Å²) in [6.45, 7) is 6.54. The molecule has 130 valence electrons. The molecule has 1 N–H and O–H groups in total. The lowest BCUT2D eigenvalue weighted by molar-refractivity contribution is -0.910. The summed E-state index contributed by atoms with van der Waals surface area (Å²) in [5, 5.41) is 12.3. The number of ether oxygens (including phenoxy) is 1. The van der Waals surface area contributed by atoms with Crippen molar-refractivity contribution in [2.45, 2.75) is 20.4 Å². The van der Waals surface area contributed by atoms with Crippen molar-refractivity contribution < 1.29 is 19.5 Å². The van der Waals surface area contributed by atoms with Crippen LogP contribution in [0.15, 0.2) is 46.6 Å². The number of allylic oxidation sites excluding steroid dienone is 1. The van der Waals surface area contributed by atoms with Gasteiger partial charge in [-0.1, -0.05) is 45.9 Å². The predicted octanol–water partition coefficient (Wildman–Crippen LogP) is 2.56. The van der Waals surface area contributed by atoms with Crippen molar-refractivity contribution in [2.75, 3.05) is 13.1 Å². The molecule has 0 fully saturated rings. The number of carbonyl (C=O) groups is 1. The number of rotatable bonds is 5. The van der Waals surface area contributed by atoms with Gasteiger partial charge in [0.2, 0.25) is 5.78 Å². The molecule has 0 saturated carbocycles. The third kappa shape index (κ3) is 3.48. The number of hydrogen-bond acceptors (Lipinski definition) is 3. The van der Waals surface area contributed by atoms with E-state index in [0.29, 0.717) is 23.4 Å². The van der Waals surface area contributed by atoms with Gasteiger partial charge in [-0.2, -0.15) is 0 Å². The predicted molar refractivity (Wildman–Crippen MR) is 98.7 cm³/mol. The number of ketones is 1. The van der Waals surface area contributed by atoms with Crippen molar-refractivity contribution in [1.82, 2.24) is 0 Å². The van der Waals surface area contributed by atoms with Crippen molar-refractivity contribution in [3.63, 3.8) is 0 Å². The lowest BCUT2D eigenvalue weighted by Crippen LogP contribution is -3.10. The van der Waals surface area contributed by atoms with Gasteiger partial charge in [-0.3, -0.25) is 4.79 Å². The first kappa shape index (κ1) is 17.7. The molecule has 25 heavy (non-hydrogen) atoms. The van der Waals surface area contributed by atoms with Crippen LogP contribution in [-0.4, -0.2) is 18.9 Å². The monoisotopic (exact) mass is 401 g/mol. The van der Waals surface area contributed by atoms with Gasteiger partial charge in [0.25, 0.3) is 0 Å². The zero-order valence-corrected chi connectivity index (χ0v) is 15.9. The Morgan fingerprint density at radius 1 is 1.16 bits per heavy atom. The van der Waals surface area contributed by atoms with Gasteiger partial charge in [0, 0.05) is 10.0 Å². The molecule has 0 bridgehead atoms. The second-order valence-corrected chi connectivity index (χ2v) is 6.87. The maximum Gasteiger partial charge on any atom is 0.231 e. The molecule has 1 heterocycles. The minimum atomic E-state index is -0.179. The lowest BCUT2D eigenvalue weighted by Gasteiger charge is -2.21. The Balaban J connectivity index is 2.00. The molecule has 0 aliphatic carbocycles. The fourth-order valence-electron chi connectivity index (χ4n) is 2.94. The van der Waals surface area contributed by atoms with E-state index < -0.39 is 0 Å². The van der Waals surface area contributed by atoms with E-state index in [0.717, 1.165) is 23.1 Å². The molecule has 0 spiro atoms. The van der Waals surface area contributed by atoms with Gasteiger partial charge >= 0.3 is 0 Å². The number of fused-ring (bicyclic) bond motifs is 1. The summed E-state index contributed by atoms with van der Waals surface area (Å²) < 4.78 is 6.74. The van der Waals surface area contributed by atoms with E-state index >= 15 is 0 Å². The average Bonchev–Trinajstić information content (AvgIpc) is 2.92. The van der Waals surface area contributed by atoms with Crippen LogP contribution in [-0.2, 0) is 6.54 Å². The number of halogens is 1. The Morgan fingerprint density at radius 2 is 1.88 bits per heavy atom. The third-order valence-corrected chi connectivity index (χ3v) is 5.24. The minimum Gasteiger partial charge on any atom is -0.872 e. The minimum absolute atomic E-state index is 0.0758. The smallest absolute Gasteiger partial charge is 0.231 e. The molecule has 2 aromatic rings. The van der Waals surface area contributed by atoms with E-state index in [9.17, 15) is 9.90 Å². The van der Waals surface area contributed by atoms with Crippen LogP contribution in [0.3, 0.4) is 0 Å². The highest BCUT2D eigenvalue weighted by Gasteiger charge is 2.30. The molecule has 0 aromatic heterocycles. The highest BCUT2D eigenvalue weighted by Crippen LogP contribution is 2.38. The number of Topliss-reactive ketones (excluding diaryl/α,β-unsaturated/α-hetero) is 1. The van der Waals surface area contributed by atoms with E-state index in [4.69, 9.17) is 4.74 Å². The third-order valence-electron chi connectivity index (χ3n) is 4.52.